The minimum Gasteiger partial charge on any atom is -0.465 e. The highest BCUT2D eigenvalue weighted by molar-refractivity contribution is 7.09. The molecule has 0 rings (SSSR count). The SMILES string of the molecule is CCCCCCCCCCC(CCCCCCCC)COC(=O)CC(C)OP. The van der Waals surface area contributed by atoms with Gasteiger partial charge in [-0.25, -0.2) is 0 Å². The summed E-state index contributed by atoms with van der Waals surface area (Å²) in [6, 6.07) is 0. The summed E-state index contributed by atoms with van der Waals surface area (Å²) in [4.78, 5) is 12.0. The first-order valence-electron chi connectivity index (χ1n) is 12.1. The largest absolute Gasteiger partial charge is 0.465 e. The van der Waals surface area contributed by atoms with Crippen LogP contribution in [0.5, 0.6) is 0 Å². The van der Waals surface area contributed by atoms with E-state index in [-0.39, 0.29) is 12.1 Å². The maximum Gasteiger partial charge on any atom is 0.308 e. The van der Waals surface area contributed by atoms with Crippen molar-refractivity contribution >= 4 is 15.4 Å². The number of carbonyl (C=O) groups is 1. The van der Waals surface area contributed by atoms with E-state index in [9.17, 15) is 4.79 Å². The van der Waals surface area contributed by atoms with Gasteiger partial charge in [-0.1, -0.05) is 104 Å². The van der Waals surface area contributed by atoms with Crippen LogP contribution in [0.2, 0.25) is 0 Å². The maximum atomic E-state index is 12.0. The minimum atomic E-state index is -0.126. The molecular formula is C24H49O3P. The van der Waals surface area contributed by atoms with E-state index < -0.39 is 0 Å². The number of carbonyl (C=O) groups excluding carboxylic acids is 1. The van der Waals surface area contributed by atoms with Gasteiger partial charge < -0.3 is 9.26 Å². The fourth-order valence-electron chi connectivity index (χ4n) is 3.64. The Hall–Kier alpha value is -0.140. The molecule has 0 aliphatic carbocycles. The fraction of sp³-hybridized carbons (Fsp3) is 0.958. The van der Waals surface area contributed by atoms with Crippen LogP contribution in [0.4, 0.5) is 0 Å². The third kappa shape index (κ3) is 19.2. The molecule has 0 amide bonds. The molecule has 0 aliphatic heterocycles. The van der Waals surface area contributed by atoms with E-state index in [1.54, 1.807) is 0 Å². The first-order chi connectivity index (χ1) is 13.6. The molecule has 3 unspecified atom stereocenters. The summed E-state index contributed by atoms with van der Waals surface area (Å²) in [6.45, 7) is 7.01. The lowest BCUT2D eigenvalue weighted by Gasteiger charge is -2.18. The van der Waals surface area contributed by atoms with Crippen LogP contribution < -0.4 is 0 Å². The quantitative estimate of drug-likeness (QED) is 0.108. The van der Waals surface area contributed by atoms with E-state index in [4.69, 9.17) is 9.26 Å². The van der Waals surface area contributed by atoms with Crippen LogP contribution in [0.25, 0.3) is 0 Å². The van der Waals surface area contributed by atoms with Crippen molar-refractivity contribution in [2.24, 2.45) is 5.92 Å². The van der Waals surface area contributed by atoms with Crippen LogP contribution in [0.1, 0.15) is 130 Å². The zero-order valence-corrected chi connectivity index (χ0v) is 20.3. The lowest BCUT2D eigenvalue weighted by molar-refractivity contribution is -0.146. The summed E-state index contributed by atoms with van der Waals surface area (Å²) >= 11 is 0. The van der Waals surface area contributed by atoms with Gasteiger partial charge in [0.15, 0.2) is 0 Å². The van der Waals surface area contributed by atoms with E-state index in [1.807, 2.05) is 6.92 Å². The second kappa shape index (κ2) is 21.6. The van der Waals surface area contributed by atoms with Gasteiger partial charge in [-0.15, -0.1) is 0 Å². The van der Waals surface area contributed by atoms with E-state index in [1.165, 1.54) is 103 Å². The molecule has 0 bridgehead atoms. The number of esters is 1. The Morgan fingerprint density at radius 3 is 1.61 bits per heavy atom. The Labute approximate surface area is 178 Å². The van der Waals surface area contributed by atoms with Crippen molar-refractivity contribution in [1.29, 1.82) is 0 Å². The first kappa shape index (κ1) is 27.9. The van der Waals surface area contributed by atoms with Crippen LogP contribution in [0.15, 0.2) is 0 Å². The van der Waals surface area contributed by atoms with Gasteiger partial charge in [0.25, 0.3) is 0 Å². The highest BCUT2D eigenvalue weighted by Crippen LogP contribution is 2.20. The minimum absolute atomic E-state index is 0.0952. The highest BCUT2D eigenvalue weighted by atomic mass is 31.0. The molecule has 0 aromatic heterocycles. The number of rotatable bonds is 21. The summed E-state index contributed by atoms with van der Waals surface area (Å²) in [5.41, 5.74) is 0. The van der Waals surface area contributed by atoms with Crippen molar-refractivity contribution in [3.8, 4) is 0 Å². The Kier molecular flexibility index (Phi) is 21.5. The molecule has 0 saturated heterocycles. The molecule has 0 radical (unpaired) electrons. The summed E-state index contributed by atoms with van der Waals surface area (Å²) in [5.74, 6) is 0.404. The molecular weight excluding hydrogens is 367 g/mol. The van der Waals surface area contributed by atoms with Gasteiger partial charge in [0.1, 0.15) is 0 Å². The van der Waals surface area contributed by atoms with Crippen molar-refractivity contribution in [2.75, 3.05) is 6.61 Å². The molecule has 0 fully saturated rings. The molecule has 0 N–H and O–H groups in total. The molecule has 28 heavy (non-hydrogen) atoms. The molecule has 4 heteroatoms. The summed E-state index contributed by atoms with van der Waals surface area (Å²) in [6.07, 6.45) is 21.4. The molecule has 0 spiro atoms. The highest BCUT2D eigenvalue weighted by Gasteiger charge is 2.14. The van der Waals surface area contributed by atoms with Crippen LogP contribution in [0.3, 0.4) is 0 Å². The van der Waals surface area contributed by atoms with Crippen molar-refractivity contribution < 1.29 is 14.1 Å². The molecule has 3 atom stereocenters. The smallest absolute Gasteiger partial charge is 0.308 e. The topological polar surface area (TPSA) is 35.5 Å². The van der Waals surface area contributed by atoms with Gasteiger partial charge in [-0.3, -0.25) is 4.79 Å². The van der Waals surface area contributed by atoms with Gasteiger partial charge in [0, 0.05) is 9.47 Å². The molecule has 0 heterocycles. The standard InChI is InChI=1S/C24H49O3P/c1-4-6-8-10-12-13-15-17-19-23(18-16-14-11-9-7-5-2)21-26-24(25)20-22(3)27-28/h22-23H,4-21,28H2,1-3H3. The average Bonchev–Trinajstić information content (AvgIpc) is 2.69. The normalized spacial score (nSPS) is 13.4. The monoisotopic (exact) mass is 416 g/mol. The summed E-state index contributed by atoms with van der Waals surface area (Å²) < 4.78 is 10.6. The third-order valence-corrected chi connectivity index (χ3v) is 6.06. The predicted octanol–water partition coefficient (Wildman–Crippen LogP) is 8.01. The fourth-order valence-corrected chi connectivity index (χ4v) is 3.74. The second-order valence-corrected chi connectivity index (χ2v) is 8.79. The van der Waals surface area contributed by atoms with Crippen molar-refractivity contribution in [3.05, 3.63) is 0 Å². The second-order valence-electron chi connectivity index (χ2n) is 8.52. The van der Waals surface area contributed by atoms with Crippen LogP contribution in [-0.4, -0.2) is 18.7 Å². The zero-order chi connectivity index (χ0) is 20.9. The first-order valence-corrected chi connectivity index (χ1v) is 12.6. The average molecular weight is 417 g/mol. The molecule has 0 aliphatic rings. The lowest BCUT2D eigenvalue weighted by atomic mass is 9.94. The summed E-state index contributed by atoms with van der Waals surface area (Å²) in [7, 11) is 2.22. The van der Waals surface area contributed by atoms with E-state index >= 15 is 0 Å². The van der Waals surface area contributed by atoms with Gasteiger partial charge in [0.05, 0.1) is 19.1 Å². The molecule has 168 valence electrons. The Bertz CT molecular complexity index is 336. The van der Waals surface area contributed by atoms with Crippen LogP contribution in [0, 0.1) is 5.92 Å². The molecule has 0 aromatic rings. The van der Waals surface area contributed by atoms with Gasteiger partial charge in [-0.2, -0.15) is 0 Å². The van der Waals surface area contributed by atoms with Crippen molar-refractivity contribution in [2.45, 2.75) is 136 Å². The van der Waals surface area contributed by atoms with Crippen molar-refractivity contribution in [1.82, 2.24) is 0 Å². The number of unbranched alkanes of at least 4 members (excludes halogenated alkanes) is 12. The predicted molar refractivity (Wildman–Crippen MR) is 125 cm³/mol. The maximum absolute atomic E-state index is 12.0. The van der Waals surface area contributed by atoms with Gasteiger partial charge in [-0.05, 0) is 25.7 Å². The van der Waals surface area contributed by atoms with Gasteiger partial charge >= 0.3 is 5.97 Å². The molecule has 0 saturated carbocycles. The molecule has 0 aromatic carbocycles. The van der Waals surface area contributed by atoms with E-state index in [2.05, 4.69) is 23.3 Å². The number of hydrogen-bond donors (Lipinski definition) is 0. The van der Waals surface area contributed by atoms with Crippen molar-refractivity contribution in [3.63, 3.8) is 0 Å². The van der Waals surface area contributed by atoms with E-state index in [0.29, 0.717) is 18.9 Å². The number of ether oxygens (including phenoxy) is 1. The Balaban J connectivity index is 4.01. The van der Waals surface area contributed by atoms with Crippen LogP contribution in [-0.2, 0) is 14.1 Å². The Morgan fingerprint density at radius 2 is 1.18 bits per heavy atom. The Morgan fingerprint density at radius 1 is 0.750 bits per heavy atom. The number of hydrogen-bond acceptors (Lipinski definition) is 3. The van der Waals surface area contributed by atoms with Crippen LogP contribution >= 0.6 is 9.47 Å². The third-order valence-electron chi connectivity index (χ3n) is 5.60. The lowest BCUT2D eigenvalue weighted by Crippen LogP contribution is -2.18. The zero-order valence-electron chi connectivity index (χ0n) is 19.2. The molecule has 3 nitrogen and oxygen atoms in total. The summed E-state index contributed by atoms with van der Waals surface area (Å²) in [5, 5.41) is 0. The van der Waals surface area contributed by atoms with Gasteiger partial charge in [0.2, 0.25) is 0 Å². The van der Waals surface area contributed by atoms with E-state index in [0.717, 1.165) is 0 Å².